The third kappa shape index (κ3) is 2.91. The zero-order valence-electron chi connectivity index (χ0n) is 11.1. The zero-order valence-corrected chi connectivity index (χ0v) is 11.1. The normalized spacial score (nSPS) is 10.2. The number of imidazole rings is 1. The van der Waals surface area contributed by atoms with Gasteiger partial charge in [0.25, 0.3) is 0 Å². The largest absolute Gasteiger partial charge is 0.456 e. The Morgan fingerprint density at radius 1 is 1.37 bits per heavy atom. The summed E-state index contributed by atoms with van der Waals surface area (Å²) in [5.74, 6) is -0.395. The highest BCUT2D eigenvalue weighted by atomic mass is 16.5. The molecule has 0 amide bonds. The number of esters is 1. The number of hydrogen-bond donors (Lipinski definition) is 0. The molecule has 1 aromatic carbocycles. The maximum absolute atomic E-state index is 11.3. The summed E-state index contributed by atoms with van der Waals surface area (Å²) in [4.78, 5) is 15.6. The number of rotatable bonds is 4. The molecule has 2 aromatic rings. The minimum atomic E-state index is -0.395. The number of aromatic nitrogens is 2. The lowest BCUT2D eigenvalue weighted by Crippen LogP contribution is -2.06. The molecule has 0 N–H and O–H groups in total. The van der Waals surface area contributed by atoms with Gasteiger partial charge in [-0.25, -0.2) is 9.78 Å². The van der Waals surface area contributed by atoms with Gasteiger partial charge in [-0.15, -0.1) is 0 Å². The van der Waals surface area contributed by atoms with E-state index in [0.29, 0.717) is 5.57 Å². The van der Waals surface area contributed by atoms with Crippen molar-refractivity contribution >= 4 is 5.97 Å². The molecule has 1 heterocycles. The number of para-hydroxylation sites is 1. The molecule has 0 saturated carbocycles. The van der Waals surface area contributed by atoms with Crippen LogP contribution in [0.4, 0.5) is 0 Å². The maximum atomic E-state index is 11.3. The number of carbonyl (C=O) groups excluding carboxylic acids is 1. The second kappa shape index (κ2) is 5.52. The Hall–Kier alpha value is -2.36. The van der Waals surface area contributed by atoms with Crippen LogP contribution < -0.4 is 0 Å². The van der Waals surface area contributed by atoms with Crippen LogP contribution in [0, 0.1) is 6.92 Å². The molecule has 1 aromatic heterocycles. The number of carbonyl (C=O) groups is 1. The lowest BCUT2D eigenvalue weighted by molar-refractivity contribution is -0.140. The number of nitrogens with zero attached hydrogens (tertiary/aromatic N) is 2. The van der Waals surface area contributed by atoms with Crippen LogP contribution in [0.5, 0.6) is 0 Å². The first-order chi connectivity index (χ1) is 9.09. The summed E-state index contributed by atoms with van der Waals surface area (Å²) in [6, 6.07) is 9.90. The van der Waals surface area contributed by atoms with Crippen molar-refractivity contribution < 1.29 is 9.53 Å². The van der Waals surface area contributed by atoms with Gasteiger partial charge in [-0.2, -0.15) is 0 Å². The van der Waals surface area contributed by atoms with E-state index in [4.69, 9.17) is 4.74 Å². The lowest BCUT2D eigenvalue weighted by atomic mass is 10.3. The van der Waals surface area contributed by atoms with Crippen molar-refractivity contribution in [3.63, 3.8) is 0 Å². The second-order valence-corrected chi connectivity index (χ2v) is 4.34. The fourth-order valence-electron chi connectivity index (χ4n) is 1.69. The van der Waals surface area contributed by atoms with E-state index in [9.17, 15) is 4.79 Å². The summed E-state index contributed by atoms with van der Waals surface area (Å²) < 4.78 is 7.07. The van der Waals surface area contributed by atoms with E-state index >= 15 is 0 Å². The minimum Gasteiger partial charge on any atom is -0.456 e. The van der Waals surface area contributed by atoms with Gasteiger partial charge in [-0.3, -0.25) is 0 Å². The van der Waals surface area contributed by atoms with Crippen LogP contribution in [0.15, 0.2) is 48.8 Å². The molecule has 0 spiro atoms. The first-order valence-corrected chi connectivity index (χ1v) is 6.00. The van der Waals surface area contributed by atoms with Crippen molar-refractivity contribution in [1.29, 1.82) is 0 Å². The monoisotopic (exact) mass is 256 g/mol. The first kappa shape index (κ1) is 13.1. The summed E-state index contributed by atoms with van der Waals surface area (Å²) in [5.41, 5.74) is 3.13. The highest BCUT2D eigenvalue weighted by Crippen LogP contribution is 2.14. The van der Waals surface area contributed by atoms with Crippen molar-refractivity contribution in [1.82, 2.24) is 9.55 Å². The average Bonchev–Trinajstić information content (AvgIpc) is 2.78. The summed E-state index contributed by atoms with van der Waals surface area (Å²) in [6.07, 6.45) is 1.73. The van der Waals surface area contributed by atoms with Gasteiger partial charge in [0.2, 0.25) is 0 Å². The van der Waals surface area contributed by atoms with Gasteiger partial charge in [-0.1, -0.05) is 24.8 Å². The van der Waals surface area contributed by atoms with Gasteiger partial charge in [-0.05, 0) is 26.0 Å². The number of ether oxygens (including phenoxy) is 1. The van der Waals surface area contributed by atoms with Crippen molar-refractivity contribution in [2.45, 2.75) is 20.5 Å². The zero-order chi connectivity index (χ0) is 13.8. The Morgan fingerprint density at radius 3 is 2.68 bits per heavy atom. The Morgan fingerprint density at radius 2 is 2.05 bits per heavy atom. The molecule has 0 atom stereocenters. The van der Waals surface area contributed by atoms with E-state index in [1.807, 2.05) is 41.8 Å². The Balaban J connectivity index is 2.15. The van der Waals surface area contributed by atoms with E-state index in [0.717, 1.165) is 17.1 Å². The van der Waals surface area contributed by atoms with E-state index in [1.54, 1.807) is 13.3 Å². The summed E-state index contributed by atoms with van der Waals surface area (Å²) in [5, 5.41) is 0. The Bertz CT molecular complexity index is 600. The second-order valence-electron chi connectivity index (χ2n) is 4.34. The van der Waals surface area contributed by atoms with Gasteiger partial charge < -0.3 is 9.30 Å². The van der Waals surface area contributed by atoms with Crippen LogP contribution in [-0.4, -0.2) is 15.5 Å². The molecule has 0 bridgehead atoms. The molecule has 4 heteroatoms. The molecule has 0 fully saturated rings. The Labute approximate surface area is 112 Å². The topological polar surface area (TPSA) is 44.1 Å². The predicted molar refractivity (Wildman–Crippen MR) is 72.9 cm³/mol. The maximum Gasteiger partial charge on any atom is 0.333 e. The molecule has 98 valence electrons. The number of benzene rings is 1. The van der Waals surface area contributed by atoms with Crippen LogP contribution in [0.1, 0.15) is 18.3 Å². The highest BCUT2D eigenvalue weighted by molar-refractivity contribution is 5.86. The highest BCUT2D eigenvalue weighted by Gasteiger charge is 2.10. The van der Waals surface area contributed by atoms with Crippen LogP contribution in [0.25, 0.3) is 5.69 Å². The molecule has 0 aliphatic rings. The fourth-order valence-corrected chi connectivity index (χ4v) is 1.69. The summed E-state index contributed by atoms with van der Waals surface area (Å²) in [7, 11) is 0. The molecule has 2 rings (SSSR count). The number of hydrogen-bond acceptors (Lipinski definition) is 3. The quantitative estimate of drug-likeness (QED) is 0.624. The van der Waals surface area contributed by atoms with Gasteiger partial charge >= 0.3 is 5.97 Å². The van der Waals surface area contributed by atoms with E-state index in [-0.39, 0.29) is 6.61 Å². The van der Waals surface area contributed by atoms with Crippen molar-refractivity contribution in [3.8, 4) is 5.69 Å². The van der Waals surface area contributed by atoms with Crippen LogP contribution >= 0.6 is 0 Å². The fraction of sp³-hybridized carbons (Fsp3) is 0.200. The van der Waals surface area contributed by atoms with Crippen molar-refractivity contribution in [2.24, 2.45) is 0 Å². The Kier molecular flexibility index (Phi) is 3.80. The van der Waals surface area contributed by atoms with Crippen LogP contribution in [0.2, 0.25) is 0 Å². The minimum absolute atomic E-state index is 0.164. The van der Waals surface area contributed by atoms with Gasteiger partial charge in [0.05, 0.1) is 12.0 Å². The third-order valence-corrected chi connectivity index (χ3v) is 2.83. The van der Waals surface area contributed by atoms with Gasteiger partial charge in [0, 0.05) is 17.0 Å². The third-order valence-electron chi connectivity index (χ3n) is 2.83. The van der Waals surface area contributed by atoms with Gasteiger partial charge in [0.15, 0.2) is 0 Å². The summed E-state index contributed by atoms with van der Waals surface area (Å²) in [6.45, 7) is 7.28. The first-order valence-electron chi connectivity index (χ1n) is 6.00. The van der Waals surface area contributed by atoms with E-state index in [1.165, 1.54) is 0 Å². The standard InChI is InChI=1S/C15H16N2O2/c1-11(2)15(18)19-9-14-12(3)17(10-16-14)13-7-5-4-6-8-13/h4-8,10H,1,9H2,2-3H3. The predicted octanol–water partition coefficient (Wildman–Crippen LogP) is 2.80. The lowest BCUT2D eigenvalue weighted by Gasteiger charge is -2.06. The van der Waals surface area contributed by atoms with Crippen molar-refractivity contribution in [2.75, 3.05) is 0 Å². The molecular formula is C15H16N2O2. The molecule has 19 heavy (non-hydrogen) atoms. The molecule has 0 radical (unpaired) electrons. The molecule has 0 aliphatic carbocycles. The molecule has 0 unspecified atom stereocenters. The SMILES string of the molecule is C=C(C)C(=O)OCc1ncn(-c2ccccc2)c1C. The molecule has 4 nitrogen and oxygen atoms in total. The molecule has 0 saturated heterocycles. The van der Waals surface area contributed by atoms with Gasteiger partial charge in [0.1, 0.15) is 6.61 Å². The van der Waals surface area contributed by atoms with Crippen LogP contribution in [-0.2, 0) is 16.1 Å². The average molecular weight is 256 g/mol. The van der Waals surface area contributed by atoms with Crippen LogP contribution in [0.3, 0.4) is 0 Å². The smallest absolute Gasteiger partial charge is 0.333 e. The molecular weight excluding hydrogens is 240 g/mol. The van der Waals surface area contributed by atoms with E-state index in [2.05, 4.69) is 11.6 Å². The molecule has 0 aliphatic heterocycles. The summed E-state index contributed by atoms with van der Waals surface area (Å²) >= 11 is 0. The van der Waals surface area contributed by atoms with E-state index < -0.39 is 5.97 Å². The van der Waals surface area contributed by atoms with Crippen molar-refractivity contribution in [3.05, 3.63) is 60.2 Å².